The third-order valence-electron chi connectivity index (χ3n) is 5.34. The van der Waals surface area contributed by atoms with E-state index in [-0.39, 0.29) is 17.4 Å². The molecule has 0 atom stereocenters. The number of hydrogen-bond acceptors (Lipinski definition) is 8. The molecule has 1 aliphatic heterocycles. The minimum atomic E-state index is 0.0201. The summed E-state index contributed by atoms with van der Waals surface area (Å²) in [6.45, 7) is 5.14. The van der Waals surface area contributed by atoms with Crippen molar-refractivity contribution < 1.29 is 19.1 Å². The van der Waals surface area contributed by atoms with Crippen molar-refractivity contribution in [1.82, 2.24) is 19.7 Å². The molecule has 0 bridgehead atoms. The van der Waals surface area contributed by atoms with E-state index in [2.05, 4.69) is 10.2 Å². The third kappa shape index (κ3) is 5.63. The number of ketones is 1. The number of Topliss-reactive ketones (excluding diaryl/α,β-unsaturated/α-hetero) is 1. The molecule has 33 heavy (non-hydrogen) atoms. The molecule has 0 radical (unpaired) electrons. The molecule has 4 rings (SSSR count). The molecule has 1 amide bonds. The highest BCUT2D eigenvalue weighted by Crippen LogP contribution is 2.27. The number of thioether (sulfide) groups is 1. The van der Waals surface area contributed by atoms with Crippen molar-refractivity contribution in [3.8, 4) is 17.1 Å². The second-order valence-corrected chi connectivity index (χ2v) is 9.54. The monoisotopic (exact) mass is 486 g/mol. The van der Waals surface area contributed by atoms with E-state index in [1.807, 2.05) is 52.8 Å². The highest BCUT2D eigenvalue weighted by atomic mass is 32.2. The highest BCUT2D eigenvalue weighted by molar-refractivity contribution is 7.99. The number of methoxy groups -OCH3 is 1. The molecule has 1 saturated heterocycles. The molecule has 1 fully saturated rings. The molecule has 2 aromatic heterocycles. The van der Waals surface area contributed by atoms with Gasteiger partial charge in [-0.25, -0.2) is 0 Å². The van der Waals surface area contributed by atoms with E-state index in [1.165, 1.54) is 23.1 Å². The molecular formula is C23H26N4O4S2. The van der Waals surface area contributed by atoms with Gasteiger partial charge in [0.05, 0.1) is 37.4 Å². The Kier molecular flexibility index (Phi) is 7.79. The van der Waals surface area contributed by atoms with Crippen molar-refractivity contribution in [2.75, 3.05) is 39.2 Å². The second kappa shape index (κ2) is 11.0. The fourth-order valence-electron chi connectivity index (χ4n) is 3.53. The molecule has 3 aromatic rings. The quantitative estimate of drug-likeness (QED) is 0.338. The van der Waals surface area contributed by atoms with Crippen LogP contribution < -0.4 is 4.74 Å². The van der Waals surface area contributed by atoms with Crippen LogP contribution >= 0.6 is 23.1 Å². The number of carbonyl (C=O) groups is 2. The van der Waals surface area contributed by atoms with E-state index in [1.54, 1.807) is 7.11 Å². The standard InChI is InChI=1S/C23H26N4O4S2/c1-3-27-22(16-4-6-17(30-2)7-5-16)24-25-23(27)32-15-19(28)20-9-8-18(33-20)14-21(29)26-10-12-31-13-11-26/h4-9H,3,10-15H2,1-2H3. The predicted octanol–water partition coefficient (Wildman–Crippen LogP) is 3.41. The molecule has 10 heteroatoms. The van der Waals surface area contributed by atoms with Crippen LogP contribution in [0.4, 0.5) is 0 Å². The first-order valence-electron chi connectivity index (χ1n) is 10.8. The lowest BCUT2D eigenvalue weighted by Crippen LogP contribution is -2.41. The van der Waals surface area contributed by atoms with E-state index in [4.69, 9.17) is 9.47 Å². The summed E-state index contributed by atoms with van der Waals surface area (Å²) in [6.07, 6.45) is 0.320. The fourth-order valence-corrected chi connectivity index (χ4v) is 5.45. The highest BCUT2D eigenvalue weighted by Gasteiger charge is 2.20. The molecular weight excluding hydrogens is 460 g/mol. The van der Waals surface area contributed by atoms with Crippen LogP contribution in [0.2, 0.25) is 0 Å². The molecule has 8 nitrogen and oxygen atoms in total. The van der Waals surface area contributed by atoms with Crippen molar-refractivity contribution in [3.05, 3.63) is 46.2 Å². The molecule has 1 aromatic carbocycles. The minimum absolute atomic E-state index is 0.0201. The number of benzene rings is 1. The minimum Gasteiger partial charge on any atom is -0.497 e. The Morgan fingerprint density at radius 3 is 2.58 bits per heavy atom. The molecule has 3 heterocycles. The number of carbonyl (C=O) groups excluding carboxylic acids is 2. The van der Waals surface area contributed by atoms with Crippen LogP contribution in [0.3, 0.4) is 0 Å². The van der Waals surface area contributed by atoms with Gasteiger partial charge in [-0.15, -0.1) is 21.5 Å². The average Bonchev–Trinajstić information content (AvgIpc) is 3.50. The van der Waals surface area contributed by atoms with Crippen LogP contribution in [0.1, 0.15) is 21.5 Å². The number of thiophene rings is 1. The predicted molar refractivity (Wildman–Crippen MR) is 128 cm³/mol. The first-order valence-corrected chi connectivity index (χ1v) is 12.6. The van der Waals surface area contributed by atoms with Gasteiger partial charge >= 0.3 is 0 Å². The molecule has 0 saturated carbocycles. The van der Waals surface area contributed by atoms with Gasteiger partial charge in [0.25, 0.3) is 0 Å². The Hall–Kier alpha value is -2.69. The van der Waals surface area contributed by atoms with Crippen LogP contribution in [-0.4, -0.2) is 70.5 Å². The third-order valence-corrected chi connectivity index (χ3v) is 7.43. The summed E-state index contributed by atoms with van der Waals surface area (Å²) in [5.41, 5.74) is 0.941. The maximum absolute atomic E-state index is 12.8. The zero-order valence-electron chi connectivity index (χ0n) is 18.7. The average molecular weight is 487 g/mol. The first-order chi connectivity index (χ1) is 16.1. The summed E-state index contributed by atoms with van der Waals surface area (Å²) in [4.78, 5) is 28.6. The molecule has 0 N–H and O–H groups in total. The fraction of sp³-hybridized carbons (Fsp3) is 0.391. The topological polar surface area (TPSA) is 86.6 Å². The Balaban J connectivity index is 1.37. The number of morpholine rings is 1. The Bertz CT molecular complexity index is 1100. The van der Waals surface area contributed by atoms with Gasteiger partial charge in [-0.3, -0.25) is 9.59 Å². The number of hydrogen-bond donors (Lipinski definition) is 0. The van der Waals surface area contributed by atoms with Crippen LogP contribution in [-0.2, 0) is 22.5 Å². The zero-order chi connectivity index (χ0) is 23.2. The Labute approximate surface area is 200 Å². The van der Waals surface area contributed by atoms with Crippen molar-refractivity contribution in [1.29, 1.82) is 0 Å². The van der Waals surface area contributed by atoms with Gasteiger partial charge in [0.2, 0.25) is 5.91 Å². The number of rotatable bonds is 9. The van der Waals surface area contributed by atoms with Gasteiger partial charge in [-0.05, 0) is 43.3 Å². The summed E-state index contributed by atoms with van der Waals surface area (Å²) >= 11 is 2.76. The van der Waals surface area contributed by atoms with Gasteiger partial charge in [0.1, 0.15) is 5.75 Å². The van der Waals surface area contributed by atoms with Crippen molar-refractivity contribution in [2.24, 2.45) is 0 Å². The van der Waals surface area contributed by atoms with Gasteiger partial charge in [0.15, 0.2) is 16.8 Å². The van der Waals surface area contributed by atoms with Crippen LogP contribution in [0.5, 0.6) is 5.75 Å². The zero-order valence-corrected chi connectivity index (χ0v) is 20.3. The van der Waals surface area contributed by atoms with E-state index in [0.717, 1.165) is 22.0 Å². The summed E-state index contributed by atoms with van der Waals surface area (Å²) < 4.78 is 12.5. The van der Waals surface area contributed by atoms with E-state index < -0.39 is 0 Å². The molecule has 0 spiro atoms. The lowest BCUT2D eigenvalue weighted by molar-refractivity contribution is -0.134. The lowest BCUT2D eigenvalue weighted by atomic mass is 10.2. The normalized spacial score (nSPS) is 13.8. The van der Waals surface area contributed by atoms with Crippen molar-refractivity contribution in [2.45, 2.75) is 25.0 Å². The smallest absolute Gasteiger partial charge is 0.227 e. The second-order valence-electron chi connectivity index (χ2n) is 7.43. The summed E-state index contributed by atoms with van der Waals surface area (Å²) in [5, 5.41) is 9.34. The van der Waals surface area contributed by atoms with Gasteiger partial charge in [-0.1, -0.05) is 11.8 Å². The summed E-state index contributed by atoms with van der Waals surface area (Å²) in [7, 11) is 1.63. The molecule has 0 unspecified atom stereocenters. The Morgan fingerprint density at radius 2 is 1.88 bits per heavy atom. The van der Waals surface area contributed by atoms with E-state index >= 15 is 0 Å². The number of ether oxygens (including phenoxy) is 2. The van der Waals surface area contributed by atoms with Crippen LogP contribution in [0, 0.1) is 0 Å². The van der Waals surface area contributed by atoms with Crippen LogP contribution in [0.25, 0.3) is 11.4 Å². The van der Waals surface area contributed by atoms with Crippen LogP contribution in [0.15, 0.2) is 41.6 Å². The van der Waals surface area contributed by atoms with Crippen molar-refractivity contribution >= 4 is 34.8 Å². The van der Waals surface area contributed by atoms with Gasteiger partial charge in [-0.2, -0.15) is 0 Å². The Morgan fingerprint density at radius 1 is 1.12 bits per heavy atom. The molecule has 174 valence electrons. The first kappa shape index (κ1) is 23.5. The number of aromatic nitrogens is 3. The van der Waals surface area contributed by atoms with Gasteiger partial charge < -0.3 is 18.9 Å². The van der Waals surface area contributed by atoms with Gasteiger partial charge in [0, 0.05) is 30.1 Å². The van der Waals surface area contributed by atoms with E-state index in [9.17, 15) is 9.59 Å². The maximum Gasteiger partial charge on any atom is 0.227 e. The largest absolute Gasteiger partial charge is 0.497 e. The summed E-state index contributed by atoms with van der Waals surface area (Å²) in [5.74, 6) is 1.90. The summed E-state index contributed by atoms with van der Waals surface area (Å²) in [6, 6.07) is 11.3. The lowest BCUT2D eigenvalue weighted by Gasteiger charge is -2.26. The van der Waals surface area contributed by atoms with E-state index in [0.29, 0.717) is 49.3 Å². The van der Waals surface area contributed by atoms with Crippen molar-refractivity contribution in [3.63, 3.8) is 0 Å². The maximum atomic E-state index is 12.8. The number of amides is 1. The SMILES string of the molecule is CCn1c(SCC(=O)c2ccc(CC(=O)N3CCOCC3)s2)nnc1-c1ccc(OC)cc1. The molecule has 1 aliphatic rings. The molecule has 0 aliphatic carbocycles. The number of nitrogens with zero attached hydrogens (tertiary/aromatic N) is 4.